The van der Waals surface area contributed by atoms with Crippen molar-refractivity contribution in [3.8, 4) is 11.3 Å². The Balaban J connectivity index is 1.68. The normalized spacial score (nSPS) is 15.6. The molecule has 0 spiro atoms. The molecule has 5 rings (SSSR count). The number of carbonyl (C=O) groups is 1. The van der Waals surface area contributed by atoms with Crippen LogP contribution in [0.5, 0.6) is 0 Å². The Morgan fingerprint density at radius 2 is 1.75 bits per heavy atom. The lowest BCUT2D eigenvalue weighted by Crippen LogP contribution is -2.39. The summed E-state index contributed by atoms with van der Waals surface area (Å²) in [7, 11) is 0. The predicted octanol–water partition coefficient (Wildman–Crippen LogP) is 5.58. The van der Waals surface area contributed by atoms with Crippen molar-refractivity contribution >= 4 is 55.2 Å². The molecule has 3 heterocycles. The van der Waals surface area contributed by atoms with E-state index in [0.717, 1.165) is 20.1 Å². The molecule has 182 valence electrons. The Kier molecular flexibility index (Phi) is 6.96. The predicted molar refractivity (Wildman–Crippen MR) is 146 cm³/mol. The van der Waals surface area contributed by atoms with Gasteiger partial charge in [0.25, 0.3) is 5.56 Å². The molecule has 6 nitrogen and oxygen atoms in total. The summed E-state index contributed by atoms with van der Waals surface area (Å²) in [5.74, 6) is 0.571. The first kappa shape index (κ1) is 24.7. The summed E-state index contributed by atoms with van der Waals surface area (Å²) in [5.41, 5.74) is 2.30. The number of ether oxygens (including phenoxy) is 1. The van der Waals surface area contributed by atoms with E-state index in [-0.39, 0.29) is 17.7 Å². The molecule has 0 amide bonds. The van der Waals surface area contributed by atoms with Crippen molar-refractivity contribution in [2.24, 2.45) is 4.99 Å². The molecule has 1 aliphatic rings. The summed E-state index contributed by atoms with van der Waals surface area (Å²) < 4.78 is 15.5. The molecule has 0 saturated carbocycles. The number of hydrogen-bond acceptors (Lipinski definition) is 6. The van der Waals surface area contributed by atoms with Crippen LogP contribution in [-0.2, 0) is 9.53 Å². The summed E-state index contributed by atoms with van der Waals surface area (Å²) in [6, 6.07) is 18.2. The van der Waals surface area contributed by atoms with Crippen LogP contribution in [0.15, 0.2) is 95.1 Å². The van der Waals surface area contributed by atoms with Gasteiger partial charge in [-0.15, -0.1) is 0 Å². The van der Waals surface area contributed by atoms with Crippen molar-refractivity contribution in [3.05, 3.63) is 112 Å². The number of nitrogens with zero attached hydrogens (tertiary/aromatic N) is 2. The number of rotatable bonds is 5. The second-order valence-corrected chi connectivity index (χ2v) is 10.9. The minimum absolute atomic E-state index is 0.207. The van der Waals surface area contributed by atoms with Gasteiger partial charge in [-0.25, -0.2) is 9.79 Å². The molecule has 0 fully saturated rings. The van der Waals surface area contributed by atoms with Gasteiger partial charge in [0, 0.05) is 14.5 Å². The molecular weight excluding hydrogens is 608 g/mol. The number of benzene rings is 2. The quantitative estimate of drug-likeness (QED) is 0.271. The van der Waals surface area contributed by atoms with Crippen molar-refractivity contribution in [1.82, 2.24) is 4.57 Å². The molecule has 9 heteroatoms. The highest BCUT2D eigenvalue weighted by atomic mass is 79.9. The molecule has 2 aromatic heterocycles. The molecule has 4 aromatic rings. The Morgan fingerprint density at radius 1 is 1.08 bits per heavy atom. The SMILES string of the molecule is CCOC(=O)C1=C(C)N=c2s/c(=C\c3ccc(Br)cc3)c(=O)n2[C@@H]1c1ccc(-c2ccc(Br)cc2)o1. The third-order valence-electron chi connectivity index (χ3n) is 5.71. The van der Waals surface area contributed by atoms with E-state index in [9.17, 15) is 9.59 Å². The summed E-state index contributed by atoms with van der Waals surface area (Å²) >= 11 is 8.16. The minimum atomic E-state index is -0.795. The highest BCUT2D eigenvalue weighted by molar-refractivity contribution is 9.10. The third kappa shape index (κ3) is 4.70. The molecule has 1 aliphatic heterocycles. The van der Waals surface area contributed by atoms with Gasteiger partial charge in [0.2, 0.25) is 0 Å². The summed E-state index contributed by atoms with van der Waals surface area (Å²) in [4.78, 5) is 31.8. The number of furan rings is 1. The van der Waals surface area contributed by atoms with Crippen LogP contribution >= 0.6 is 43.2 Å². The van der Waals surface area contributed by atoms with Crippen molar-refractivity contribution in [3.63, 3.8) is 0 Å². The average molecular weight is 628 g/mol. The third-order valence-corrected chi connectivity index (χ3v) is 7.75. The van der Waals surface area contributed by atoms with Crippen LogP contribution in [0.25, 0.3) is 17.4 Å². The van der Waals surface area contributed by atoms with Crippen LogP contribution in [0.1, 0.15) is 31.2 Å². The zero-order valence-corrected chi connectivity index (χ0v) is 23.3. The first-order valence-corrected chi connectivity index (χ1v) is 13.6. The molecule has 0 radical (unpaired) electrons. The number of carbonyl (C=O) groups excluding carboxylic acids is 1. The van der Waals surface area contributed by atoms with Crippen LogP contribution in [0, 0.1) is 0 Å². The van der Waals surface area contributed by atoms with Crippen LogP contribution in [0.4, 0.5) is 0 Å². The second kappa shape index (κ2) is 10.2. The smallest absolute Gasteiger partial charge is 0.338 e. The van der Waals surface area contributed by atoms with Crippen molar-refractivity contribution in [1.29, 1.82) is 0 Å². The Labute approximate surface area is 227 Å². The number of thiazole rings is 1. The number of allylic oxidation sites excluding steroid dienone is 1. The molecule has 0 aliphatic carbocycles. The monoisotopic (exact) mass is 626 g/mol. The molecule has 1 atom stereocenters. The van der Waals surface area contributed by atoms with Crippen molar-refractivity contribution < 1.29 is 13.9 Å². The fraction of sp³-hybridized carbons (Fsp3) is 0.148. The minimum Gasteiger partial charge on any atom is -0.463 e. The zero-order valence-electron chi connectivity index (χ0n) is 19.3. The lowest BCUT2D eigenvalue weighted by Gasteiger charge is -2.22. The van der Waals surface area contributed by atoms with Gasteiger partial charge in [0.05, 0.1) is 22.4 Å². The van der Waals surface area contributed by atoms with Crippen LogP contribution < -0.4 is 14.9 Å². The molecule has 0 bridgehead atoms. The van der Waals surface area contributed by atoms with Gasteiger partial charge in [-0.05, 0) is 61.9 Å². The lowest BCUT2D eigenvalue weighted by molar-refractivity contribution is -0.139. The van der Waals surface area contributed by atoms with E-state index in [1.165, 1.54) is 15.9 Å². The number of esters is 1. The Hall–Kier alpha value is -3.01. The molecular formula is C27H20Br2N2O4S. The molecule has 0 unspecified atom stereocenters. The zero-order chi connectivity index (χ0) is 25.4. The summed E-state index contributed by atoms with van der Waals surface area (Å²) in [5, 5.41) is 0. The van der Waals surface area contributed by atoms with Gasteiger partial charge < -0.3 is 9.15 Å². The standard InChI is InChI=1S/C27H20Br2N2O4S/c1-3-34-26(33)23-15(2)30-27-31(25(32)22(36-27)14-16-4-8-18(28)9-5-16)24(23)21-13-12-20(35-21)17-6-10-19(29)11-7-17/h4-14,24H,3H2,1-2H3/b22-14-/t24-/m1/s1. The van der Waals surface area contributed by atoms with E-state index in [2.05, 4.69) is 36.9 Å². The lowest BCUT2D eigenvalue weighted by atomic mass is 10.0. The first-order chi connectivity index (χ1) is 17.4. The number of halogens is 2. The second-order valence-electron chi connectivity index (χ2n) is 8.06. The fourth-order valence-corrected chi connectivity index (χ4v) is 5.62. The van der Waals surface area contributed by atoms with E-state index in [1.807, 2.05) is 60.7 Å². The van der Waals surface area contributed by atoms with Gasteiger partial charge in [-0.1, -0.05) is 67.5 Å². The van der Waals surface area contributed by atoms with Crippen molar-refractivity contribution in [2.75, 3.05) is 6.61 Å². The van der Waals surface area contributed by atoms with E-state index in [0.29, 0.717) is 26.6 Å². The Bertz CT molecular complexity index is 1660. The molecule has 2 aromatic carbocycles. The summed E-state index contributed by atoms with van der Waals surface area (Å²) in [6.45, 7) is 3.71. The highest BCUT2D eigenvalue weighted by Gasteiger charge is 2.35. The molecule has 0 N–H and O–H groups in total. The van der Waals surface area contributed by atoms with Crippen LogP contribution in [0.2, 0.25) is 0 Å². The maximum absolute atomic E-state index is 13.7. The topological polar surface area (TPSA) is 73.8 Å². The van der Waals surface area contributed by atoms with Gasteiger partial charge in [0.1, 0.15) is 17.6 Å². The van der Waals surface area contributed by atoms with E-state index >= 15 is 0 Å². The average Bonchev–Trinajstić information content (AvgIpc) is 3.45. The van der Waals surface area contributed by atoms with E-state index in [4.69, 9.17) is 9.15 Å². The highest BCUT2D eigenvalue weighted by Crippen LogP contribution is 2.34. The van der Waals surface area contributed by atoms with Crippen molar-refractivity contribution in [2.45, 2.75) is 19.9 Å². The van der Waals surface area contributed by atoms with Crippen LogP contribution in [0.3, 0.4) is 0 Å². The number of aromatic nitrogens is 1. The fourth-order valence-electron chi connectivity index (χ4n) is 4.04. The maximum Gasteiger partial charge on any atom is 0.338 e. The van der Waals surface area contributed by atoms with Gasteiger partial charge in [0.15, 0.2) is 4.80 Å². The molecule has 36 heavy (non-hydrogen) atoms. The largest absolute Gasteiger partial charge is 0.463 e. The van der Waals surface area contributed by atoms with E-state index in [1.54, 1.807) is 19.9 Å². The number of hydrogen-bond donors (Lipinski definition) is 0. The first-order valence-electron chi connectivity index (χ1n) is 11.2. The Morgan fingerprint density at radius 3 is 2.42 bits per heavy atom. The maximum atomic E-state index is 13.7. The molecule has 0 saturated heterocycles. The van der Waals surface area contributed by atoms with Gasteiger partial charge >= 0.3 is 5.97 Å². The number of fused-ring (bicyclic) bond motifs is 1. The van der Waals surface area contributed by atoms with Gasteiger partial charge in [-0.3, -0.25) is 9.36 Å². The van der Waals surface area contributed by atoms with Crippen LogP contribution in [-0.4, -0.2) is 17.1 Å². The van der Waals surface area contributed by atoms with Gasteiger partial charge in [-0.2, -0.15) is 0 Å². The summed E-state index contributed by atoms with van der Waals surface area (Å²) in [6.07, 6.45) is 1.83. The van der Waals surface area contributed by atoms with E-state index < -0.39 is 12.0 Å².